The summed E-state index contributed by atoms with van der Waals surface area (Å²) in [7, 11) is 0. The molecule has 0 saturated heterocycles. The summed E-state index contributed by atoms with van der Waals surface area (Å²) in [5.41, 5.74) is 2.27. The van der Waals surface area contributed by atoms with Gasteiger partial charge in [0.1, 0.15) is 5.82 Å². The lowest BCUT2D eigenvalue weighted by Crippen LogP contribution is -1.99. The summed E-state index contributed by atoms with van der Waals surface area (Å²) in [6.45, 7) is 0. The molecule has 0 amide bonds. The summed E-state index contributed by atoms with van der Waals surface area (Å²) >= 11 is 1.45. The third kappa shape index (κ3) is 3.48. The molecule has 27 heavy (non-hydrogen) atoms. The lowest BCUT2D eigenvalue weighted by molar-refractivity contribution is 0.575. The number of nitriles is 1. The molecule has 0 aliphatic carbocycles. The smallest absolute Gasteiger partial charge is 0.205 e. The average Bonchev–Trinajstić information content (AvgIpc) is 3.37. The number of halogens is 1. The topological polar surface area (TPSA) is 67.6 Å². The molecule has 0 bridgehead atoms. The summed E-state index contributed by atoms with van der Waals surface area (Å²) < 4.78 is 20.6. The third-order valence-electron chi connectivity index (χ3n) is 3.95. The number of hydrogen-bond acceptors (Lipinski definition) is 5. The van der Waals surface area contributed by atoms with E-state index in [2.05, 4.69) is 16.3 Å². The summed E-state index contributed by atoms with van der Waals surface area (Å²) in [4.78, 5) is 0. The van der Waals surface area contributed by atoms with Crippen LogP contribution in [0.25, 0.3) is 17.3 Å². The van der Waals surface area contributed by atoms with Gasteiger partial charge in [-0.2, -0.15) is 5.26 Å². The van der Waals surface area contributed by atoms with Crippen molar-refractivity contribution in [2.45, 2.75) is 10.9 Å². The van der Waals surface area contributed by atoms with Gasteiger partial charge >= 0.3 is 0 Å². The van der Waals surface area contributed by atoms with Crippen molar-refractivity contribution >= 4 is 11.8 Å². The fraction of sp³-hybridized carbons (Fsp3) is 0.0500. The van der Waals surface area contributed by atoms with Gasteiger partial charge in [0.15, 0.2) is 10.9 Å². The molecule has 0 atom stereocenters. The van der Waals surface area contributed by atoms with E-state index in [0.29, 0.717) is 28.1 Å². The van der Waals surface area contributed by atoms with Crippen LogP contribution in [-0.4, -0.2) is 14.8 Å². The maximum atomic E-state index is 13.4. The number of nitrogens with zero attached hydrogens (tertiary/aromatic N) is 4. The van der Waals surface area contributed by atoms with Crippen molar-refractivity contribution in [1.82, 2.24) is 14.8 Å². The first kappa shape index (κ1) is 17.1. The first-order valence-corrected chi connectivity index (χ1v) is 9.11. The highest BCUT2D eigenvalue weighted by molar-refractivity contribution is 7.98. The van der Waals surface area contributed by atoms with Crippen LogP contribution in [0.2, 0.25) is 0 Å². The number of benzene rings is 2. The second kappa shape index (κ2) is 7.48. The van der Waals surface area contributed by atoms with Crippen molar-refractivity contribution in [3.63, 3.8) is 0 Å². The number of thioether (sulfide) groups is 1. The predicted molar refractivity (Wildman–Crippen MR) is 99.7 cm³/mol. The number of aromatic nitrogens is 3. The molecule has 4 rings (SSSR count). The first-order valence-electron chi connectivity index (χ1n) is 8.12. The fourth-order valence-electron chi connectivity index (χ4n) is 2.65. The molecule has 0 aliphatic heterocycles. The minimum Gasteiger partial charge on any atom is -0.461 e. The Bertz CT molecular complexity index is 1100. The zero-order valence-corrected chi connectivity index (χ0v) is 14.9. The van der Waals surface area contributed by atoms with Crippen LogP contribution in [0.5, 0.6) is 0 Å². The van der Waals surface area contributed by atoms with Crippen LogP contribution in [0.15, 0.2) is 76.5 Å². The molecule has 0 saturated carbocycles. The van der Waals surface area contributed by atoms with Crippen molar-refractivity contribution in [3.05, 3.63) is 83.9 Å². The normalized spacial score (nSPS) is 10.7. The van der Waals surface area contributed by atoms with Crippen LogP contribution >= 0.6 is 11.8 Å². The Morgan fingerprint density at radius 3 is 2.59 bits per heavy atom. The molecule has 5 nitrogen and oxygen atoms in total. The molecule has 0 fully saturated rings. The standard InChI is InChI=1S/C20H13FN4OS/c21-16-7-9-17(10-8-16)25-19(18-6-3-11-26-18)23-24-20(25)27-13-15-5-2-1-4-14(15)12-22/h1-11H,13H2. The van der Waals surface area contributed by atoms with Gasteiger partial charge in [0.25, 0.3) is 0 Å². The molecule has 132 valence electrons. The van der Waals surface area contributed by atoms with E-state index in [4.69, 9.17) is 4.42 Å². The summed E-state index contributed by atoms with van der Waals surface area (Å²) in [6.07, 6.45) is 1.56. The minimum atomic E-state index is -0.316. The minimum absolute atomic E-state index is 0.316. The van der Waals surface area contributed by atoms with Crippen LogP contribution in [0.4, 0.5) is 4.39 Å². The van der Waals surface area contributed by atoms with E-state index in [1.807, 2.05) is 22.8 Å². The molecule has 0 N–H and O–H groups in total. The molecular formula is C20H13FN4OS. The van der Waals surface area contributed by atoms with Gasteiger partial charge in [-0.05, 0) is 48.0 Å². The highest BCUT2D eigenvalue weighted by atomic mass is 32.2. The van der Waals surface area contributed by atoms with Crippen molar-refractivity contribution in [2.24, 2.45) is 0 Å². The van der Waals surface area contributed by atoms with Gasteiger partial charge < -0.3 is 4.42 Å². The maximum Gasteiger partial charge on any atom is 0.205 e. The number of hydrogen-bond donors (Lipinski definition) is 0. The predicted octanol–water partition coefficient (Wildman–Crippen LogP) is 4.83. The SMILES string of the molecule is N#Cc1ccccc1CSc1nnc(-c2ccco2)n1-c1ccc(F)cc1. The van der Waals surface area contributed by atoms with Crippen LogP contribution < -0.4 is 0 Å². The average molecular weight is 376 g/mol. The van der Waals surface area contributed by atoms with Crippen molar-refractivity contribution in [1.29, 1.82) is 5.26 Å². The van der Waals surface area contributed by atoms with Crippen LogP contribution in [0, 0.1) is 17.1 Å². The Kier molecular flexibility index (Phi) is 4.73. The van der Waals surface area contributed by atoms with Gasteiger partial charge in [-0.15, -0.1) is 10.2 Å². The summed E-state index contributed by atoms with van der Waals surface area (Å²) in [5, 5.41) is 18.4. The largest absolute Gasteiger partial charge is 0.461 e. The summed E-state index contributed by atoms with van der Waals surface area (Å²) in [5.74, 6) is 1.34. The van der Waals surface area contributed by atoms with E-state index in [9.17, 15) is 9.65 Å². The highest BCUT2D eigenvalue weighted by Gasteiger charge is 2.18. The zero-order chi connectivity index (χ0) is 18.6. The van der Waals surface area contributed by atoms with Crippen LogP contribution in [-0.2, 0) is 5.75 Å². The molecular weight excluding hydrogens is 363 g/mol. The van der Waals surface area contributed by atoms with Crippen LogP contribution in [0.3, 0.4) is 0 Å². The van der Waals surface area contributed by atoms with Gasteiger partial charge in [0.2, 0.25) is 5.82 Å². The monoisotopic (exact) mass is 376 g/mol. The van der Waals surface area contributed by atoms with Gasteiger partial charge in [0, 0.05) is 5.75 Å². The van der Waals surface area contributed by atoms with Gasteiger partial charge in [-0.1, -0.05) is 30.0 Å². The number of rotatable bonds is 5. The first-order chi connectivity index (χ1) is 13.3. The summed E-state index contributed by atoms with van der Waals surface area (Å²) in [6, 6.07) is 19.3. The Morgan fingerprint density at radius 2 is 1.85 bits per heavy atom. The van der Waals surface area contributed by atoms with E-state index in [1.54, 1.807) is 36.6 Å². The Balaban J connectivity index is 1.72. The molecule has 4 aromatic rings. The Hall–Kier alpha value is -3.37. The molecule has 7 heteroatoms. The van der Waals surface area contributed by atoms with E-state index in [1.165, 1.54) is 23.9 Å². The van der Waals surface area contributed by atoms with E-state index in [0.717, 1.165) is 11.3 Å². The third-order valence-corrected chi connectivity index (χ3v) is 4.93. The maximum absolute atomic E-state index is 13.4. The quantitative estimate of drug-likeness (QED) is 0.467. The van der Waals surface area contributed by atoms with E-state index in [-0.39, 0.29) is 5.82 Å². The lowest BCUT2D eigenvalue weighted by Gasteiger charge is -2.09. The number of furan rings is 1. The van der Waals surface area contributed by atoms with Crippen molar-refractivity contribution in [3.8, 4) is 23.3 Å². The zero-order valence-electron chi connectivity index (χ0n) is 14.0. The second-order valence-corrected chi connectivity index (χ2v) is 6.60. The molecule has 0 aliphatic rings. The lowest BCUT2D eigenvalue weighted by atomic mass is 10.1. The highest BCUT2D eigenvalue weighted by Crippen LogP contribution is 2.30. The molecule has 2 aromatic heterocycles. The van der Waals surface area contributed by atoms with Crippen molar-refractivity contribution < 1.29 is 8.81 Å². The van der Waals surface area contributed by atoms with Gasteiger partial charge in [0.05, 0.1) is 23.6 Å². The molecule has 2 aromatic carbocycles. The van der Waals surface area contributed by atoms with Gasteiger partial charge in [-0.25, -0.2) is 4.39 Å². The van der Waals surface area contributed by atoms with Gasteiger partial charge in [-0.3, -0.25) is 4.57 Å². The van der Waals surface area contributed by atoms with Crippen LogP contribution in [0.1, 0.15) is 11.1 Å². The Morgan fingerprint density at radius 1 is 1.04 bits per heavy atom. The second-order valence-electron chi connectivity index (χ2n) is 5.65. The molecule has 0 radical (unpaired) electrons. The Labute approximate surface area is 159 Å². The van der Waals surface area contributed by atoms with E-state index < -0.39 is 0 Å². The van der Waals surface area contributed by atoms with E-state index >= 15 is 0 Å². The molecule has 0 unspecified atom stereocenters. The van der Waals surface area contributed by atoms with Crippen molar-refractivity contribution in [2.75, 3.05) is 0 Å². The fourth-order valence-corrected chi connectivity index (χ4v) is 3.61. The molecule has 0 spiro atoms. The molecule has 2 heterocycles.